The first kappa shape index (κ1) is 20.3. The maximum Gasteiger partial charge on any atom is 0.248 e. The van der Waals surface area contributed by atoms with Gasteiger partial charge in [0, 0.05) is 30.4 Å². The van der Waals surface area contributed by atoms with Crippen molar-refractivity contribution in [1.82, 2.24) is 19.8 Å². The lowest BCUT2D eigenvalue weighted by Crippen LogP contribution is -2.43. The number of nitrogen functional groups attached to an aromatic ring is 1. The van der Waals surface area contributed by atoms with Crippen molar-refractivity contribution in [2.45, 2.75) is 38.1 Å². The molecule has 1 aromatic carbocycles. The number of nitrogens with two attached hydrogens (primary N) is 2. The summed E-state index contributed by atoms with van der Waals surface area (Å²) in [5.41, 5.74) is 14.4. The van der Waals surface area contributed by atoms with Crippen LogP contribution >= 0.6 is 0 Å². The van der Waals surface area contributed by atoms with Crippen LogP contribution in [0.2, 0.25) is 0 Å². The van der Waals surface area contributed by atoms with Crippen molar-refractivity contribution in [3.63, 3.8) is 0 Å². The van der Waals surface area contributed by atoms with E-state index in [1.807, 2.05) is 17.0 Å². The van der Waals surface area contributed by atoms with Crippen molar-refractivity contribution in [3.05, 3.63) is 41.7 Å². The van der Waals surface area contributed by atoms with Gasteiger partial charge in [-0.25, -0.2) is 9.97 Å². The predicted molar refractivity (Wildman–Crippen MR) is 114 cm³/mol. The van der Waals surface area contributed by atoms with Gasteiger partial charge >= 0.3 is 0 Å². The van der Waals surface area contributed by atoms with Crippen LogP contribution in [0, 0.1) is 0 Å². The van der Waals surface area contributed by atoms with E-state index in [4.69, 9.17) is 11.5 Å². The lowest BCUT2D eigenvalue weighted by atomic mass is 9.93. The fourth-order valence-corrected chi connectivity index (χ4v) is 4.43. The van der Waals surface area contributed by atoms with Crippen molar-refractivity contribution in [2.75, 3.05) is 31.9 Å². The summed E-state index contributed by atoms with van der Waals surface area (Å²) >= 11 is 0. The molecule has 1 atom stereocenters. The first-order valence-electron chi connectivity index (χ1n) is 10.6. The van der Waals surface area contributed by atoms with Crippen molar-refractivity contribution < 1.29 is 9.59 Å². The minimum Gasteiger partial charge on any atom is -0.368 e. The molecule has 0 aliphatic carbocycles. The largest absolute Gasteiger partial charge is 0.368 e. The lowest BCUT2D eigenvalue weighted by Gasteiger charge is -2.36. The summed E-state index contributed by atoms with van der Waals surface area (Å²) in [5, 5.41) is 0. The lowest BCUT2D eigenvalue weighted by molar-refractivity contribution is -0.132. The highest BCUT2D eigenvalue weighted by atomic mass is 16.2. The van der Waals surface area contributed by atoms with Gasteiger partial charge in [-0.05, 0) is 49.9 Å². The van der Waals surface area contributed by atoms with Crippen molar-refractivity contribution in [2.24, 2.45) is 5.73 Å². The van der Waals surface area contributed by atoms with E-state index in [2.05, 4.69) is 14.9 Å². The summed E-state index contributed by atoms with van der Waals surface area (Å²) in [4.78, 5) is 37.2. The molecular weight excluding hydrogens is 380 g/mol. The highest BCUT2D eigenvalue weighted by Gasteiger charge is 2.31. The third-order valence-electron chi connectivity index (χ3n) is 6.04. The highest BCUT2D eigenvalue weighted by molar-refractivity contribution is 5.93. The van der Waals surface area contributed by atoms with Gasteiger partial charge < -0.3 is 16.4 Å². The van der Waals surface area contributed by atoms with Gasteiger partial charge in [-0.3, -0.25) is 14.5 Å². The molecule has 2 aliphatic rings. The van der Waals surface area contributed by atoms with E-state index in [0.717, 1.165) is 68.6 Å². The van der Waals surface area contributed by atoms with Gasteiger partial charge in [-0.15, -0.1) is 0 Å². The molecule has 0 radical (unpaired) electrons. The second-order valence-electron chi connectivity index (χ2n) is 8.04. The molecule has 0 spiro atoms. The zero-order chi connectivity index (χ0) is 21.1. The summed E-state index contributed by atoms with van der Waals surface area (Å²) in [6, 6.07) is 7.10. The SMILES string of the molecule is NC(=O)c1ccc(-c2cnc(N)nc2[C@H]2CCCCN2CC(=O)N2CCCC2)cc1. The molecule has 4 rings (SSSR count). The quantitative estimate of drug-likeness (QED) is 0.781. The number of primary amides is 1. The van der Waals surface area contributed by atoms with Gasteiger partial charge in [0.1, 0.15) is 0 Å². The smallest absolute Gasteiger partial charge is 0.248 e. The number of nitrogens with zero attached hydrogens (tertiary/aromatic N) is 4. The highest BCUT2D eigenvalue weighted by Crippen LogP contribution is 2.36. The first-order chi connectivity index (χ1) is 14.5. The first-order valence-corrected chi connectivity index (χ1v) is 10.6. The average Bonchev–Trinajstić information content (AvgIpc) is 3.29. The van der Waals surface area contributed by atoms with E-state index in [0.29, 0.717) is 12.1 Å². The van der Waals surface area contributed by atoms with Crippen molar-refractivity contribution in [1.29, 1.82) is 0 Å². The number of piperidine rings is 1. The van der Waals surface area contributed by atoms with Gasteiger partial charge in [-0.1, -0.05) is 18.6 Å². The molecule has 8 heteroatoms. The molecule has 30 heavy (non-hydrogen) atoms. The molecule has 0 saturated carbocycles. The second-order valence-corrected chi connectivity index (χ2v) is 8.04. The second kappa shape index (κ2) is 8.79. The topological polar surface area (TPSA) is 118 Å². The van der Waals surface area contributed by atoms with Crippen LogP contribution in [0.15, 0.2) is 30.5 Å². The summed E-state index contributed by atoms with van der Waals surface area (Å²) in [6.07, 6.45) is 6.95. The number of likely N-dealkylation sites (tertiary alicyclic amines) is 2. The number of anilines is 1. The summed E-state index contributed by atoms with van der Waals surface area (Å²) in [7, 11) is 0. The van der Waals surface area contributed by atoms with Crippen LogP contribution in [-0.2, 0) is 4.79 Å². The normalized spacial score (nSPS) is 19.7. The molecular formula is C22H28N6O2. The monoisotopic (exact) mass is 408 g/mol. The van der Waals surface area contributed by atoms with Crippen LogP contribution in [0.25, 0.3) is 11.1 Å². The van der Waals surface area contributed by atoms with E-state index in [1.54, 1.807) is 18.3 Å². The van der Waals surface area contributed by atoms with Gasteiger partial charge in [0.2, 0.25) is 17.8 Å². The van der Waals surface area contributed by atoms with Gasteiger partial charge in [-0.2, -0.15) is 0 Å². The Hall–Kier alpha value is -3.00. The van der Waals surface area contributed by atoms with Crippen LogP contribution in [0.4, 0.5) is 5.95 Å². The molecule has 2 amide bonds. The molecule has 4 N–H and O–H groups in total. The number of carbonyl (C=O) groups is 2. The van der Waals surface area contributed by atoms with Crippen molar-refractivity contribution in [3.8, 4) is 11.1 Å². The zero-order valence-electron chi connectivity index (χ0n) is 17.1. The van der Waals surface area contributed by atoms with Gasteiger partial charge in [0.25, 0.3) is 0 Å². The number of hydrogen-bond donors (Lipinski definition) is 2. The fourth-order valence-electron chi connectivity index (χ4n) is 4.43. The number of carbonyl (C=O) groups excluding carboxylic acids is 2. The maximum absolute atomic E-state index is 12.8. The minimum atomic E-state index is -0.464. The number of benzene rings is 1. The Bertz CT molecular complexity index is 924. The minimum absolute atomic E-state index is 0.00131. The Morgan fingerprint density at radius 3 is 2.43 bits per heavy atom. The Kier molecular flexibility index (Phi) is 5.94. The molecule has 0 unspecified atom stereocenters. The molecule has 2 aliphatic heterocycles. The van der Waals surface area contributed by atoms with Gasteiger partial charge in [0.15, 0.2) is 0 Å². The maximum atomic E-state index is 12.8. The molecule has 0 bridgehead atoms. The van der Waals surface area contributed by atoms with Crippen molar-refractivity contribution >= 4 is 17.8 Å². The van der Waals surface area contributed by atoms with Crippen LogP contribution in [0.3, 0.4) is 0 Å². The Labute approximate surface area is 176 Å². The fraction of sp³-hybridized carbons (Fsp3) is 0.455. The average molecular weight is 409 g/mol. The zero-order valence-corrected chi connectivity index (χ0v) is 17.1. The summed E-state index contributed by atoms with van der Waals surface area (Å²) < 4.78 is 0. The molecule has 158 valence electrons. The predicted octanol–water partition coefficient (Wildman–Crippen LogP) is 1.97. The Morgan fingerprint density at radius 2 is 1.73 bits per heavy atom. The Morgan fingerprint density at radius 1 is 1.03 bits per heavy atom. The molecule has 3 heterocycles. The van der Waals surface area contributed by atoms with E-state index in [-0.39, 0.29) is 17.9 Å². The van der Waals surface area contributed by atoms with E-state index >= 15 is 0 Å². The van der Waals surface area contributed by atoms with Crippen LogP contribution in [0.5, 0.6) is 0 Å². The standard InChI is InChI=1S/C22H28N6O2/c23-21(30)16-8-6-15(7-9-16)17-13-25-22(24)26-20(17)18-5-1-2-12-28(18)14-19(29)27-10-3-4-11-27/h6-9,13,18H,1-5,10-12,14H2,(H2,23,30)(H2,24,25,26)/t18-/m1/s1. The molecule has 2 saturated heterocycles. The molecule has 1 aromatic heterocycles. The van der Waals surface area contributed by atoms with E-state index in [1.165, 1.54) is 0 Å². The number of amides is 2. The van der Waals surface area contributed by atoms with Crippen LogP contribution in [0.1, 0.15) is 54.2 Å². The van der Waals surface area contributed by atoms with Crippen LogP contribution in [-0.4, -0.2) is 57.8 Å². The molecule has 2 fully saturated rings. The molecule has 2 aromatic rings. The Balaban J connectivity index is 1.64. The third-order valence-corrected chi connectivity index (χ3v) is 6.04. The number of aromatic nitrogens is 2. The van der Waals surface area contributed by atoms with Crippen LogP contribution < -0.4 is 11.5 Å². The number of rotatable bonds is 5. The summed E-state index contributed by atoms with van der Waals surface area (Å²) in [6.45, 7) is 2.97. The van der Waals surface area contributed by atoms with Gasteiger partial charge in [0.05, 0.1) is 18.3 Å². The molecule has 8 nitrogen and oxygen atoms in total. The number of hydrogen-bond acceptors (Lipinski definition) is 6. The van der Waals surface area contributed by atoms with E-state index in [9.17, 15) is 9.59 Å². The third kappa shape index (κ3) is 4.28. The van der Waals surface area contributed by atoms with E-state index < -0.39 is 5.91 Å². The summed E-state index contributed by atoms with van der Waals surface area (Å²) in [5.74, 6) is -0.0538.